The average molecular weight is 399 g/mol. The Morgan fingerprint density at radius 1 is 1.03 bits per heavy atom. The SMILES string of the molecule is CCOC(=O)c1cc(NC(=O)C2(c3ccc(F)cc3)CCCC2)ccc1OCC. The van der Waals surface area contributed by atoms with Crippen molar-refractivity contribution in [2.24, 2.45) is 0 Å². The van der Waals surface area contributed by atoms with Gasteiger partial charge in [0.25, 0.3) is 0 Å². The van der Waals surface area contributed by atoms with Crippen LogP contribution in [0.25, 0.3) is 0 Å². The number of amides is 1. The van der Waals surface area contributed by atoms with Gasteiger partial charge in [0.15, 0.2) is 0 Å². The molecule has 1 aliphatic carbocycles. The molecule has 0 radical (unpaired) electrons. The zero-order chi connectivity index (χ0) is 20.9. The van der Waals surface area contributed by atoms with E-state index < -0.39 is 11.4 Å². The fourth-order valence-electron chi connectivity index (χ4n) is 3.90. The van der Waals surface area contributed by atoms with Gasteiger partial charge in [-0.05, 0) is 62.6 Å². The molecule has 3 rings (SSSR count). The maximum atomic E-state index is 13.4. The molecule has 0 aromatic heterocycles. The van der Waals surface area contributed by atoms with Gasteiger partial charge < -0.3 is 14.8 Å². The lowest BCUT2D eigenvalue weighted by Gasteiger charge is -2.28. The number of hydrogen-bond donors (Lipinski definition) is 1. The Kier molecular flexibility index (Phi) is 6.52. The van der Waals surface area contributed by atoms with Gasteiger partial charge in [0.1, 0.15) is 17.1 Å². The summed E-state index contributed by atoms with van der Waals surface area (Å²) < 4.78 is 24.0. The molecule has 29 heavy (non-hydrogen) atoms. The maximum Gasteiger partial charge on any atom is 0.341 e. The van der Waals surface area contributed by atoms with Gasteiger partial charge >= 0.3 is 5.97 Å². The van der Waals surface area contributed by atoms with Gasteiger partial charge in [-0.25, -0.2) is 9.18 Å². The third-order valence-corrected chi connectivity index (χ3v) is 5.32. The number of esters is 1. The third-order valence-electron chi connectivity index (χ3n) is 5.32. The molecule has 1 aliphatic rings. The third kappa shape index (κ3) is 4.42. The normalized spacial score (nSPS) is 15.0. The minimum atomic E-state index is -0.698. The first kappa shape index (κ1) is 20.8. The zero-order valence-corrected chi connectivity index (χ0v) is 16.8. The van der Waals surface area contributed by atoms with Gasteiger partial charge in [0.05, 0.1) is 18.6 Å². The predicted molar refractivity (Wildman–Crippen MR) is 109 cm³/mol. The summed E-state index contributed by atoms with van der Waals surface area (Å²) in [6.45, 7) is 4.22. The molecule has 2 aromatic rings. The predicted octanol–water partition coefficient (Wildman–Crippen LogP) is 4.85. The summed E-state index contributed by atoms with van der Waals surface area (Å²) in [5.74, 6) is -0.562. The second kappa shape index (κ2) is 9.07. The molecule has 0 saturated heterocycles. The highest BCUT2D eigenvalue weighted by Crippen LogP contribution is 2.42. The molecule has 0 unspecified atom stereocenters. The van der Waals surface area contributed by atoms with Gasteiger partial charge in [0, 0.05) is 5.69 Å². The Hall–Kier alpha value is -2.89. The van der Waals surface area contributed by atoms with Crippen molar-refractivity contribution >= 4 is 17.6 Å². The van der Waals surface area contributed by atoms with Crippen LogP contribution in [0.3, 0.4) is 0 Å². The molecule has 0 aliphatic heterocycles. The Morgan fingerprint density at radius 2 is 1.72 bits per heavy atom. The van der Waals surface area contributed by atoms with E-state index >= 15 is 0 Å². The van der Waals surface area contributed by atoms with E-state index in [0.29, 0.717) is 30.9 Å². The molecule has 1 fully saturated rings. The van der Waals surface area contributed by atoms with Crippen LogP contribution in [0.2, 0.25) is 0 Å². The first-order chi connectivity index (χ1) is 14.0. The summed E-state index contributed by atoms with van der Waals surface area (Å²) in [6.07, 6.45) is 3.27. The molecule has 1 saturated carbocycles. The number of nitrogens with one attached hydrogen (secondary N) is 1. The minimum Gasteiger partial charge on any atom is -0.493 e. The lowest BCUT2D eigenvalue weighted by atomic mass is 9.78. The van der Waals surface area contributed by atoms with Gasteiger partial charge in [-0.3, -0.25) is 4.79 Å². The summed E-state index contributed by atoms with van der Waals surface area (Å²) in [5.41, 5.74) is 0.880. The Morgan fingerprint density at radius 3 is 2.34 bits per heavy atom. The molecular weight excluding hydrogens is 373 g/mol. The molecule has 5 nitrogen and oxygen atoms in total. The number of carbonyl (C=O) groups is 2. The monoisotopic (exact) mass is 399 g/mol. The fourth-order valence-corrected chi connectivity index (χ4v) is 3.90. The van der Waals surface area contributed by atoms with Crippen LogP contribution in [0.1, 0.15) is 55.5 Å². The van der Waals surface area contributed by atoms with E-state index in [9.17, 15) is 14.0 Å². The average Bonchev–Trinajstić information content (AvgIpc) is 3.21. The van der Waals surface area contributed by atoms with Gasteiger partial charge in [0.2, 0.25) is 5.91 Å². The number of carbonyl (C=O) groups excluding carboxylic acids is 2. The van der Waals surface area contributed by atoms with Gasteiger partial charge in [-0.1, -0.05) is 25.0 Å². The van der Waals surface area contributed by atoms with Crippen molar-refractivity contribution in [1.29, 1.82) is 0 Å². The van der Waals surface area contributed by atoms with Crippen LogP contribution < -0.4 is 10.1 Å². The van der Waals surface area contributed by atoms with Crippen molar-refractivity contribution in [3.8, 4) is 5.75 Å². The number of anilines is 1. The number of ether oxygens (including phenoxy) is 2. The van der Waals surface area contributed by atoms with E-state index in [2.05, 4.69) is 5.32 Å². The zero-order valence-electron chi connectivity index (χ0n) is 16.8. The first-order valence-electron chi connectivity index (χ1n) is 10.0. The molecule has 154 valence electrons. The topological polar surface area (TPSA) is 64.6 Å². The van der Waals surface area contributed by atoms with Crippen molar-refractivity contribution in [2.75, 3.05) is 18.5 Å². The maximum absolute atomic E-state index is 13.4. The Balaban J connectivity index is 1.89. The quantitative estimate of drug-likeness (QED) is 0.676. The highest BCUT2D eigenvalue weighted by atomic mass is 19.1. The molecule has 1 N–H and O–H groups in total. The molecule has 0 spiro atoms. The van der Waals surface area contributed by atoms with E-state index in [1.165, 1.54) is 12.1 Å². The smallest absolute Gasteiger partial charge is 0.341 e. The molecular formula is C23H26FNO4. The molecule has 0 heterocycles. The minimum absolute atomic E-state index is 0.152. The Labute approximate surface area is 170 Å². The van der Waals surface area contributed by atoms with Crippen LogP contribution in [0.5, 0.6) is 5.75 Å². The fraction of sp³-hybridized carbons (Fsp3) is 0.391. The van der Waals surface area contributed by atoms with Crippen molar-refractivity contribution in [3.63, 3.8) is 0 Å². The van der Waals surface area contributed by atoms with Crippen molar-refractivity contribution in [1.82, 2.24) is 0 Å². The number of halogens is 1. The van der Waals surface area contributed by atoms with E-state index in [1.54, 1.807) is 37.3 Å². The lowest BCUT2D eigenvalue weighted by molar-refractivity contribution is -0.121. The molecule has 2 aromatic carbocycles. The van der Waals surface area contributed by atoms with E-state index in [4.69, 9.17) is 9.47 Å². The summed E-state index contributed by atoms with van der Waals surface area (Å²) in [5, 5.41) is 2.95. The van der Waals surface area contributed by atoms with Crippen molar-refractivity contribution < 1.29 is 23.5 Å². The highest BCUT2D eigenvalue weighted by Gasteiger charge is 2.42. The standard InChI is InChI=1S/C23H26FNO4/c1-3-28-20-12-11-18(15-19(20)21(26)29-4-2)25-22(27)23(13-5-6-14-23)16-7-9-17(24)10-8-16/h7-12,15H,3-6,13-14H2,1-2H3,(H,25,27). The van der Waals surface area contributed by atoms with Crippen molar-refractivity contribution in [2.45, 2.75) is 44.9 Å². The number of benzene rings is 2. The lowest BCUT2D eigenvalue weighted by Crippen LogP contribution is -2.38. The van der Waals surface area contributed by atoms with Crippen LogP contribution in [0, 0.1) is 5.82 Å². The number of rotatable bonds is 7. The Bertz CT molecular complexity index is 873. The largest absolute Gasteiger partial charge is 0.493 e. The van der Waals surface area contributed by atoms with E-state index in [-0.39, 0.29) is 23.9 Å². The van der Waals surface area contributed by atoms with Gasteiger partial charge in [-0.15, -0.1) is 0 Å². The molecule has 1 amide bonds. The molecule has 0 atom stereocenters. The second-order valence-corrected chi connectivity index (χ2v) is 7.11. The number of hydrogen-bond acceptors (Lipinski definition) is 4. The summed E-state index contributed by atoms with van der Waals surface area (Å²) in [4.78, 5) is 25.6. The van der Waals surface area contributed by atoms with E-state index in [1.807, 2.05) is 6.92 Å². The first-order valence-corrected chi connectivity index (χ1v) is 10.0. The highest BCUT2D eigenvalue weighted by molar-refractivity contribution is 6.01. The van der Waals surface area contributed by atoms with Gasteiger partial charge in [-0.2, -0.15) is 0 Å². The van der Waals surface area contributed by atoms with Crippen LogP contribution in [-0.2, 0) is 14.9 Å². The van der Waals surface area contributed by atoms with Crippen molar-refractivity contribution in [3.05, 3.63) is 59.4 Å². The van der Waals surface area contributed by atoms with Crippen LogP contribution in [0.4, 0.5) is 10.1 Å². The van der Waals surface area contributed by atoms with Crippen LogP contribution in [0.15, 0.2) is 42.5 Å². The second-order valence-electron chi connectivity index (χ2n) is 7.11. The van der Waals surface area contributed by atoms with Crippen LogP contribution in [-0.4, -0.2) is 25.1 Å². The molecule has 0 bridgehead atoms. The molecule has 6 heteroatoms. The summed E-state index contributed by atoms with van der Waals surface area (Å²) in [6, 6.07) is 11.1. The van der Waals surface area contributed by atoms with E-state index in [0.717, 1.165) is 18.4 Å². The summed E-state index contributed by atoms with van der Waals surface area (Å²) in [7, 11) is 0. The summed E-state index contributed by atoms with van der Waals surface area (Å²) >= 11 is 0. The van der Waals surface area contributed by atoms with Crippen LogP contribution >= 0.6 is 0 Å².